The van der Waals surface area contributed by atoms with Gasteiger partial charge in [-0.1, -0.05) is 25.1 Å². The van der Waals surface area contributed by atoms with Crippen LogP contribution in [0.15, 0.2) is 30.4 Å². The molecule has 1 rings (SSSR count). The molecule has 0 spiro atoms. The molecule has 1 N–H and O–H groups in total. The Labute approximate surface area is 110 Å². The second-order valence-corrected chi connectivity index (χ2v) is 4.03. The van der Waals surface area contributed by atoms with Crippen molar-refractivity contribution < 1.29 is 9.47 Å². The third-order valence-corrected chi connectivity index (χ3v) is 2.45. The molecule has 3 heteroatoms. The third kappa shape index (κ3) is 4.80. The molecule has 100 valence electrons. The summed E-state index contributed by atoms with van der Waals surface area (Å²) in [5.74, 6) is 1.75. The molecular weight excluding hydrogens is 226 g/mol. The molecule has 0 unspecified atom stereocenters. The van der Waals surface area contributed by atoms with Gasteiger partial charge in [-0.25, -0.2) is 0 Å². The zero-order chi connectivity index (χ0) is 13.2. The van der Waals surface area contributed by atoms with Crippen LogP contribution in [-0.2, 0) is 6.54 Å². The van der Waals surface area contributed by atoms with Crippen LogP contribution in [0.1, 0.15) is 25.8 Å². The van der Waals surface area contributed by atoms with Gasteiger partial charge in [-0.15, -0.1) is 0 Å². The quantitative estimate of drug-likeness (QED) is 0.718. The van der Waals surface area contributed by atoms with E-state index in [0.29, 0.717) is 6.61 Å². The summed E-state index contributed by atoms with van der Waals surface area (Å²) >= 11 is 0. The zero-order valence-electron chi connectivity index (χ0n) is 11.5. The monoisotopic (exact) mass is 249 g/mol. The van der Waals surface area contributed by atoms with Gasteiger partial charge in [0.15, 0.2) is 0 Å². The molecule has 0 atom stereocenters. The van der Waals surface area contributed by atoms with E-state index >= 15 is 0 Å². The van der Waals surface area contributed by atoms with Crippen LogP contribution in [0.25, 0.3) is 0 Å². The van der Waals surface area contributed by atoms with E-state index in [-0.39, 0.29) is 0 Å². The molecule has 3 nitrogen and oxygen atoms in total. The Morgan fingerprint density at radius 3 is 2.78 bits per heavy atom. The summed E-state index contributed by atoms with van der Waals surface area (Å²) in [6.07, 6.45) is 4.98. The van der Waals surface area contributed by atoms with Crippen molar-refractivity contribution in [3.8, 4) is 11.5 Å². The molecule has 0 aromatic heterocycles. The van der Waals surface area contributed by atoms with E-state index in [4.69, 9.17) is 9.47 Å². The normalized spacial score (nSPS) is 10.8. The van der Waals surface area contributed by atoms with Crippen LogP contribution >= 0.6 is 0 Å². The van der Waals surface area contributed by atoms with Gasteiger partial charge in [0.05, 0.1) is 6.61 Å². The smallest absolute Gasteiger partial charge is 0.127 e. The topological polar surface area (TPSA) is 30.5 Å². The molecule has 0 bridgehead atoms. The van der Waals surface area contributed by atoms with Crippen molar-refractivity contribution in [2.75, 3.05) is 20.3 Å². The van der Waals surface area contributed by atoms with Crippen molar-refractivity contribution >= 4 is 0 Å². The molecule has 1 aromatic rings. The van der Waals surface area contributed by atoms with E-state index in [1.165, 1.54) is 0 Å². The van der Waals surface area contributed by atoms with E-state index in [0.717, 1.165) is 36.6 Å². The van der Waals surface area contributed by atoms with Gasteiger partial charge in [-0.2, -0.15) is 0 Å². The van der Waals surface area contributed by atoms with Crippen LogP contribution in [0.5, 0.6) is 11.5 Å². The van der Waals surface area contributed by atoms with Gasteiger partial charge in [0.2, 0.25) is 0 Å². The van der Waals surface area contributed by atoms with Gasteiger partial charge < -0.3 is 14.8 Å². The van der Waals surface area contributed by atoms with E-state index in [1.54, 1.807) is 0 Å². The van der Waals surface area contributed by atoms with Crippen LogP contribution in [-0.4, -0.2) is 20.3 Å². The molecule has 18 heavy (non-hydrogen) atoms. The number of rotatable bonds is 8. The summed E-state index contributed by atoms with van der Waals surface area (Å²) in [5, 5.41) is 3.14. The van der Waals surface area contributed by atoms with E-state index < -0.39 is 0 Å². The second-order valence-electron chi connectivity index (χ2n) is 4.03. The van der Waals surface area contributed by atoms with Crippen molar-refractivity contribution in [1.82, 2.24) is 5.32 Å². The second kappa shape index (κ2) is 8.59. The minimum Gasteiger partial charge on any atom is -0.493 e. The van der Waals surface area contributed by atoms with E-state index in [9.17, 15) is 0 Å². The van der Waals surface area contributed by atoms with Crippen LogP contribution in [0.2, 0.25) is 0 Å². The number of hydrogen-bond donors (Lipinski definition) is 1. The fraction of sp³-hybridized carbons (Fsp3) is 0.467. The number of nitrogens with one attached hydrogen (secondary N) is 1. The van der Waals surface area contributed by atoms with Crippen molar-refractivity contribution in [1.29, 1.82) is 0 Å². The van der Waals surface area contributed by atoms with Gasteiger partial charge in [0.1, 0.15) is 18.1 Å². The van der Waals surface area contributed by atoms with Gasteiger partial charge >= 0.3 is 0 Å². The molecule has 0 amide bonds. The molecule has 0 fully saturated rings. The van der Waals surface area contributed by atoms with Crippen molar-refractivity contribution in [2.24, 2.45) is 0 Å². The Bertz CT molecular complexity index is 375. The van der Waals surface area contributed by atoms with Crippen LogP contribution in [0, 0.1) is 0 Å². The molecule has 0 saturated heterocycles. The Kier molecular flexibility index (Phi) is 6.96. The standard InChI is InChI=1S/C15H23NO2/c1-4-6-10-18-15-11-14(17-9-5-2)8-7-13(15)12-16-3/h4,6-8,11,16H,5,9-10,12H2,1-3H3/b6-4+. The summed E-state index contributed by atoms with van der Waals surface area (Å²) in [4.78, 5) is 0. The van der Waals surface area contributed by atoms with E-state index in [2.05, 4.69) is 12.2 Å². The first-order valence-corrected chi connectivity index (χ1v) is 6.46. The maximum absolute atomic E-state index is 5.74. The van der Waals surface area contributed by atoms with Crippen molar-refractivity contribution in [3.63, 3.8) is 0 Å². The van der Waals surface area contributed by atoms with Crippen LogP contribution < -0.4 is 14.8 Å². The molecule has 0 aliphatic rings. The number of benzene rings is 1. The lowest BCUT2D eigenvalue weighted by Crippen LogP contribution is -2.08. The minimum atomic E-state index is 0.588. The minimum absolute atomic E-state index is 0.588. The predicted octanol–water partition coefficient (Wildman–Crippen LogP) is 3.15. The molecule has 0 aliphatic heterocycles. The van der Waals surface area contributed by atoms with Gasteiger partial charge in [0.25, 0.3) is 0 Å². The highest BCUT2D eigenvalue weighted by atomic mass is 16.5. The molecule has 1 aromatic carbocycles. The molecule has 0 saturated carbocycles. The average Bonchev–Trinajstić information content (AvgIpc) is 2.39. The number of allylic oxidation sites excluding steroid dienone is 1. The fourth-order valence-corrected chi connectivity index (χ4v) is 1.55. The lowest BCUT2D eigenvalue weighted by Gasteiger charge is -2.12. The number of hydrogen-bond acceptors (Lipinski definition) is 3. The third-order valence-electron chi connectivity index (χ3n) is 2.45. The lowest BCUT2D eigenvalue weighted by molar-refractivity contribution is 0.311. The Hall–Kier alpha value is -1.48. The summed E-state index contributed by atoms with van der Waals surface area (Å²) in [6.45, 7) is 6.20. The SMILES string of the molecule is C/C=C/COc1cc(OCCC)ccc1CNC. The summed E-state index contributed by atoms with van der Waals surface area (Å²) in [7, 11) is 1.93. The average molecular weight is 249 g/mol. The Balaban J connectivity index is 2.77. The van der Waals surface area contributed by atoms with Crippen LogP contribution in [0.4, 0.5) is 0 Å². The number of ether oxygens (including phenoxy) is 2. The van der Waals surface area contributed by atoms with E-state index in [1.807, 2.05) is 44.3 Å². The van der Waals surface area contributed by atoms with Crippen molar-refractivity contribution in [3.05, 3.63) is 35.9 Å². The summed E-state index contributed by atoms with van der Waals surface area (Å²) in [5.41, 5.74) is 1.14. The van der Waals surface area contributed by atoms with Gasteiger partial charge in [-0.3, -0.25) is 0 Å². The first-order valence-electron chi connectivity index (χ1n) is 6.46. The Morgan fingerprint density at radius 1 is 1.28 bits per heavy atom. The van der Waals surface area contributed by atoms with Gasteiger partial charge in [-0.05, 0) is 26.5 Å². The summed E-state index contributed by atoms with van der Waals surface area (Å²) < 4.78 is 11.4. The molecular formula is C15H23NO2. The highest BCUT2D eigenvalue weighted by Crippen LogP contribution is 2.25. The van der Waals surface area contributed by atoms with Crippen LogP contribution in [0.3, 0.4) is 0 Å². The molecule has 0 radical (unpaired) electrons. The Morgan fingerprint density at radius 2 is 2.11 bits per heavy atom. The van der Waals surface area contributed by atoms with Gasteiger partial charge in [0, 0.05) is 18.2 Å². The fourth-order valence-electron chi connectivity index (χ4n) is 1.55. The zero-order valence-corrected chi connectivity index (χ0v) is 11.5. The summed E-state index contributed by atoms with van der Waals surface area (Å²) in [6, 6.07) is 6.00. The lowest BCUT2D eigenvalue weighted by atomic mass is 10.2. The van der Waals surface area contributed by atoms with Crippen molar-refractivity contribution in [2.45, 2.75) is 26.8 Å². The highest BCUT2D eigenvalue weighted by molar-refractivity contribution is 5.40. The molecule has 0 heterocycles. The molecule has 0 aliphatic carbocycles. The largest absolute Gasteiger partial charge is 0.493 e. The first kappa shape index (κ1) is 14.6. The predicted molar refractivity (Wildman–Crippen MR) is 75.3 cm³/mol. The first-order chi connectivity index (χ1) is 8.81. The maximum Gasteiger partial charge on any atom is 0.127 e. The highest BCUT2D eigenvalue weighted by Gasteiger charge is 2.05. The maximum atomic E-state index is 5.74.